The van der Waals surface area contributed by atoms with Gasteiger partial charge in [0.05, 0.1) is 9.92 Å². The number of aliphatic hydroxyl groups excluding tert-OH is 1. The normalized spacial score (nSPS) is 13.5. The lowest BCUT2D eigenvalue weighted by atomic mass is 10.1. The molecule has 1 unspecified atom stereocenters. The third-order valence-corrected chi connectivity index (χ3v) is 4.43. The van der Waals surface area contributed by atoms with Gasteiger partial charge in [-0.2, -0.15) is 0 Å². The number of hydrogen-bond acceptors (Lipinski definition) is 3. The molecule has 0 bridgehead atoms. The number of halogens is 2. The fourth-order valence-corrected chi connectivity index (χ4v) is 2.82. The molecule has 0 aliphatic heterocycles. The van der Waals surface area contributed by atoms with Gasteiger partial charge in [-0.05, 0) is 37.0 Å². The van der Waals surface area contributed by atoms with Gasteiger partial charge in [-0.3, -0.25) is 0 Å². The molecule has 1 rings (SSSR count). The molecule has 0 radical (unpaired) electrons. The quantitative estimate of drug-likeness (QED) is 0.759. The number of sulfonamides is 1. The van der Waals surface area contributed by atoms with Crippen molar-refractivity contribution in [2.24, 2.45) is 5.92 Å². The van der Waals surface area contributed by atoms with Gasteiger partial charge < -0.3 is 5.11 Å². The Morgan fingerprint density at radius 1 is 1.47 bits per heavy atom. The fraction of sp³-hybridized carbons (Fsp3) is 0.500. The molecule has 0 saturated heterocycles. The van der Waals surface area contributed by atoms with E-state index >= 15 is 0 Å². The molecular weight excluding hydrogens is 293 g/mol. The van der Waals surface area contributed by atoms with Crippen LogP contribution >= 0.6 is 11.6 Å². The zero-order valence-corrected chi connectivity index (χ0v) is 12.1. The molecule has 0 amide bonds. The first-order chi connectivity index (χ1) is 8.86. The lowest BCUT2D eigenvalue weighted by Gasteiger charge is -2.09. The van der Waals surface area contributed by atoms with Crippen molar-refractivity contribution in [3.63, 3.8) is 0 Å². The van der Waals surface area contributed by atoms with Crippen LogP contribution in [0.2, 0.25) is 5.02 Å². The summed E-state index contributed by atoms with van der Waals surface area (Å²) in [6.07, 6.45) is 1.35. The molecule has 1 atom stereocenters. The summed E-state index contributed by atoms with van der Waals surface area (Å²) in [4.78, 5) is -0.0610. The molecule has 0 spiro atoms. The van der Waals surface area contributed by atoms with Gasteiger partial charge in [-0.15, -0.1) is 0 Å². The second-order valence-corrected chi connectivity index (χ2v) is 6.58. The Hall–Kier alpha value is -0.690. The molecule has 0 saturated carbocycles. The van der Waals surface area contributed by atoms with Crippen LogP contribution in [0.1, 0.15) is 19.8 Å². The summed E-state index contributed by atoms with van der Waals surface area (Å²) in [6, 6.07) is 3.26. The third-order valence-electron chi connectivity index (χ3n) is 2.68. The zero-order chi connectivity index (χ0) is 14.5. The molecule has 0 fully saturated rings. The first kappa shape index (κ1) is 16.4. The Morgan fingerprint density at radius 2 is 2.16 bits per heavy atom. The first-order valence-corrected chi connectivity index (χ1v) is 7.78. The van der Waals surface area contributed by atoms with E-state index in [0.717, 1.165) is 18.6 Å². The maximum Gasteiger partial charge on any atom is 0.240 e. The van der Waals surface area contributed by atoms with Crippen molar-refractivity contribution in [2.75, 3.05) is 13.2 Å². The molecule has 1 aromatic carbocycles. The van der Waals surface area contributed by atoms with Crippen LogP contribution in [0.3, 0.4) is 0 Å². The Labute approximate surface area is 117 Å². The molecule has 4 nitrogen and oxygen atoms in total. The molecular formula is C12H17ClFNO3S. The van der Waals surface area contributed by atoms with E-state index in [1.807, 2.05) is 6.92 Å². The molecule has 108 valence electrons. The fourth-order valence-electron chi connectivity index (χ4n) is 1.48. The monoisotopic (exact) mass is 309 g/mol. The summed E-state index contributed by atoms with van der Waals surface area (Å²) in [5, 5.41) is 8.61. The van der Waals surface area contributed by atoms with Crippen molar-refractivity contribution in [3.8, 4) is 0 Å². The Bertz CT molecular complexity index is 522. The highest BCUT2D eigenvalue weighted by atomic mass is 35.5. The van der Waals surface area contributed by atoms with Crippen LogP contribution in [0, 0.1) is 11.7 Å². The summed E-state index contributed by atoms with van der Waals surface area (Å²) < 4.78 is 39.1. The van der Waals surface area contributed by atoms with Crippen molar-refractivity contribution < 1.29 is 17.9 Å². The van der Waals surface area contributed by atoms with E-state index in [1.54, 1.807) is 0 Å². The minimum atomic E-state index is -3.67. The predicted octanol–water partition coefficient (Wildman–Crippen LogP) is 2.17. The maximum absolute atomic E-state index is 13.0. The standard InChI is InChI=1S/C12H17ClFNO3S/c1-9(8-16)3-2-6-15-19(17,18)10-4-5-12(14)11(13)7-10/h4-5,7,9,15-16H,2-3,6,8H2,1H3. The van der Waals surface area contributed by atoms with Crippen LogP contribution in [0.25, 0.3) is 0 Å². The SMILES string of the molecule is CC(CO)CCCNS(=O)(=O)c1ccc(F)c(Cl)c1. The minimum absolute atomic E-state index is 0.0610. The predicted molar refractivity (Wildman–Crippen MR) is 72.1 cm³/mol. The lowest BCUT2D eigenvalue weighted by molar-refractivity contribution is 0.228. The highest BCUT2D eigenvalue weighted by Gasteiger charge is 2.15. The van der Waals surface area contributed by atoms with Crippen LogP contribution in [0.15, 0.2) is 23.1 Å². The van der Waals surface area contributed by atoms with E-state index in [-0.39, 0.29) is 29.0 Å². The second-order valence-electron chi connectivity index (χ2n) is 4.40. The van der Waals surface area contributed by atoms with E-state index in [1.165, 1.54) is 6.07 Å². The highest BCUT2D eigenvalue weighted by molar-refractivity contribution is 7.89. The summed E-state index contributed by atoms with van der Waals surface area (Å²) in [5.74, 6) is -0.512. The maximum atomic E-state index is 13.0. The van der Waals surface area contributed by atoms with Crippen molar-refractivity contribution in [2.45, 2.75) is 24.7 Å². The van der Waals surface area contributed by atoms with E-state index in [0.29, 0.717) is 6.42 Å². The summed E-state index contributed by atoms with van der Waals surface area (Å²) in [6.45, 7) is 2.23. The van der Waals surface area contributed by atoms with Crippen LogP contribution < -0.4 is 4.72 Å². The molecule has 0 aliphatic carbocycles. The topological polar surface area (TPSA) is 66.4 Å². The van der Waals surface area contributed by atoms with E-state index in [4.69, 9.17) is 16.7 Å². The largest absolute Gasteiger partial charge is 0.396 e. The molecule has 19 heavy (non-hydrogen) atoms. The van der Waals surface area contributed by atoms with Crippen LogP contribution in [-0.4, -0.2) is 26.7 Å². The van der Waals surface area contributed by atoms with Gasteiger partial charge in [0, 0.05) is 13.2 Å². The number of nitrogens with one attached hydrogen (secondary N) is 1. The summed E-state index contributed by atoms with van der Waals surface area (Å²) >= 11 is 5.55. The molecule has 0 heterocycles. The number of benzene rings is 1. The Morgan fingerprint density at radius 3 is 2.74 bits per heavy atom. The summed E-state index contributed by atoms with van der Waals surface area (Å²) in [5.41, 5.74) is 0. The smallest absolute Gasteiger partial charge is 0.240 e. The van der Waals surface area contributed by atoms with Crippen LogP contribution in [0.5, 0.6) is 0 Å². The van der Waals surface area contributed by atoms with Gasteiger partial charge in [0.1, 0.15) is 5.82 Å². The van der Waals surface area contributed by atoms with Gasteiger partial charge in [0.15, 0.2) is 0 Å². The summed E-state index contributed by atoms with van der Waals surface area (Å²) in [7, 11) is -3.67. The third kappa shape index (κ3) is 5.06. The lowest BCUT2D eigenvalue weighted by Crippen LogP contribution is -2.25. The van der Waals surface area contributed by atoms with Gasteiger partial charge in [-0.25, -0.2) is 17.5 Å². The molecule has 1 aromatic rings. The van der Waals surface area contributed by atoms with Crippen molar-refractivity contribution in [3.05, 3.63) is 29.0 Å². The van der Waals surface area contributed by atoms with Gasteiger partial charge in [0.2, 0.25) is 10.0 Å². The second kappa shape index (κ2) is 7.19. The van der Waals surface area contributed by atoms with Gasteiger partial charge >= 0.3 is 0 Å². The molecule has 7 heteroatoms. The molecule has 0 aliphatic rings. The Balaban J connectivity index is 2.58. The van der Waals surface area contributed by atoms with E-state index < -0.39 is 15.8 Å². The first-order valence-electron chi connectivity index (χ1n) is 5.92. The average molecular weight is 310 g/mol. The van der Waals surface area contributed by atoms with Crippen LogP contribution in [0.4, 0.5) is 4.39 Å². The van der Waals surface area contributed by atoms with Crippen molar-refractivity contribution in [1.82, 2.24) is 4.72 Å². The van der Waals surface area contributed by atoms with Gasteiger partial charge in [-0.1, -0.05) is 18.5 Å². The minimum Gasteiger partial charge on any atom is -0.396 e. The van der Waals surface area contributed by atoms with Crippen LogP contribution in [-0.2, 0) is 10.0 Å². The molecule has 2 N–H and O–H groups in total. The highest BCUT2D eigenvalue weighted by Crippen LogP contribution is 2.19. The number of hydrogen-bond donors (Lipinski definition) is 2. The Kier molecular flexibility index (Phi) is 6.19. The number of aliphatic hydroxyl groups is 1. The average Bonchev–Trinajstić information content (AvgIpc) is 2.37. The van der Waals surface area contributed by atoms with Crippen molar-refractivity contribution >= 4 is 21.6 Å². The molecule has 0 aromatic heterocycles. The van der Waals surface area contributed by atoms with Gasteiger partial charge in [0.25, 0.3) is 0 Å². The van der Waals surface area contributed by atoms with E-state index in [9.17, 15) is 12.8 Å². The number of rotatable bonds is 7. The van der Waals surface area contributed by atoms with Crippen molar-refractivity contribution in [1.29, 1.82) is 0 Å². The van der Waals surface area contributed by atoms with E-state index in [2.05, 4.69) is 4.72 Å². The zero-order valence-electron chi connectivity index (χ0n) is 10.6.